The summed E-state index contributed by atoms with van der Waals surface area (Å²) < 4.78 is 94.2. The van der Waals surface area contributed by atoms with Gasteiger partial charge in [0, 0.05) is 11.3 Å². The Morgan fingerprint density at radius 1 is 0.889 bits per heavy atom. The molecule has 0 unspecified atom stereocenters. The summed E-state index contributed by atoms with van der Waals surface area (Å²) in [6.45, 7) is 0. The molecule has 11 heteroatoms. The van der Waals surface area contributed by atoms with Gasteiger partial charge in [0.1, 0.15) is 5.82 Å². The molecule has 0 aromatic heterocycles. The van der Waals surface area contributed by atoms with Crippen molar-refractivity contribution in [2.75, 3.05) is 5.32 Å². The fraction of sp³-hybridized carbons (Fsp3) is 0.188. The van der Waals surface area contributed by atoms with E-state index in [1.165, 1.54) is 23.5 Å². The number of carbonyl (C=O) groups is 1. The zero-order valence-corrected chi connectivity index (χ0v) is 13.8. The lowest BCUT2D eigenvalue weighted by Gasteiger charge is -2.39. The lowest BCUT2D eigenvalue weighted by Crippen LogP contribution is -2.72. The molecule has 0 radical (unpaired) electrons. The maximum Gasteiger partial charge on any atom is 0.439 e. The first-order valence-corrected chi connectivity index (χ1v) is 7.49. The van der Waals surface area contributed by atoms with Crippen molar-refractivity contribution in [3.8, 4) is 0 Å². The summed E-state index contributed by atoms with van der Waals surface area (Å²) >= 11 is 5.41. The van der Waals surface area contributed by atoms with Gasteiger partial charge in [-0.3, -0.25) is 4.79 Å². The number of carbonyl (C=O) groups excluding carboxylic acids is 1. The quantitative estimate of drug-likeness (QED) is 0.537. The number of rotatable bonds is 4. The fourth-order valence-electron chi connectivity index (χ4n) is 2.10. The Hall–Kier alpha value is -2.49. The van der Waals surface area contributed by atoms with Crippen molar-refractivity contribution in [3.63, 3.8) is 0 Å². The highest BCUT2D eigenvalue weighted by molar-refractivity contribution is 6.31. The molecule has 3 nitrogen and oxygen atoms in total. The van der Waals surface area contributed by atoms with Crippen molar-refractivity contribution in [2.45, 2.75) is 18.0 Å². The van der Waals surface area contributed by atoms with Crippen LogP contribution in [0.25, 0.3) is 0 Å². The molecule has 146 valence electrons. The second-order valence-corrected chi connectivity index (χ2v) is 5.73. The van der Waals surface area contributed by atoms with Gasteiger partial charge in [-0.25, -0.2) is 4.39 Å². The van der Waals surface area contributed by atoms with E-state index in [1.807, 2.05) is 0 Å². The Balaban J connectivity index is 2.53. The first kappa shape index (κ1) is 20.8. The van der Waals surface area contributed by atoms with Gasteiger partial charge in [0.2, 0.25) is 0 Å². The molecule has 2 aromatic rings. The number of hydrogen-bond acceptors (Lipinski definition) is 2. The van der Waals surface area contributed by atoms with Crippen molar-refractivity contribution in [1.82, 2.24) is 5.32 Å². The normalized spacial score (nSPS) is 12.6. The Kier molecular flexibility index (Phi) is 5.60. The molecule has 0 spiro atoms. The molecule has 27 heavy (non-hydrogen) atoms. The second kappa shape index (κ2) is 7.26. The summed E-state index contributed by atoms with van der Waals surface area (Å²) in [5, 5.41) is 1.48. The van der Waals surface area contributed by atoms with Crippen LogP contribution in [0.15, 0.2) is 48.5 Å². The molecule has 2 aromatic carbocycles. The molecule has 0 heterocycles. The average Bonchev–Trinajstić information content (AvgIpc) is 2.56. The Morgan fingerprint density at radius 3 is 1.93 bits per heavy atom. The second-order valence-electron chi connectivity index (χ2n) is 5.32. The molecule has 0 saturated carbocycles. The minimum atomic E-state index is -6.00. The Morgan fingerprint density at radius 2 is 1.44 bits per heavy atom. The predicted molar refractivity (Wildman–Crippen MR) is 83.8 cm³/mol. The smallest absolute Gasteiger partial charge is 0.348 e. The van der Waals surface area contributed by atoms with Crippen LogP contribution in [0.5, 0.6) is 0 Å². The molecule has 2 rings (SSSR count). The van der Waals surface area contributed by atoms with Crippen LogP contribution < -0.4 is 10.6 Å². The number of benzene rings is 2. The van der Waals surface area contributed by atoms with Gasteiger partial charge in [-0.1, -0.05) is 29.8 Å². The molecule has 0 saturated heterocycles. The summed E-state index contributed by atoms with van der Waals surface area (Å²) in [5.74, 6) is -2.66. The maximum absolute atomic E-state index is 13.5. The van der Waals surface area contributed by atoms with Crippen LogP contribution in [0.3, 0.4) is 0 Å². The standard InChI is InChI=1S/C16H10ClF7N2O/c17-11-8-10(6-7-12(11)18)25-14(15(19,20)21,16(22,23)24)26-13(27)9-4-2-1-3-5-9/h1-8,25H,(H,26,27). The van der Waals surface area contributed by atoms with Crippen molar-refractivity contribution in [1.29, 1.82) is 0 Å². The summed E-state index contributed by atoms with van der Waals surface area (Å²) in [5.41, 5.74) is -6.06. The number of alkyl halides is 6. The number of amides is 1. The third-order valence-corrected chi connectivity index (χ3v) is 3.73. The third-order valence-electron chi connectivity index (χ3n) is 3.44. The van der Waals surface area contributed by atoms with E-state index >= 15 is 0 Å². The Bertz CT molecular complexity index is 808. The van der Waals surface area contributed by atoms with E-state index in [1.54, 1.807) is 0 Å². The van der Waals surface area contributed by atoms with E-state index in [9.17, 15) is 35.5 Å². The average molecular weight is 415 g/mol. The van der Waals surface area contributed by atoms with Crippen LogP contribution in [-0.2, 0) is 0 Å². The van der Waals surface area contributed by atoms with Gasteiger partial charge in [0.15, 0.2) is 0 Å². The first-order valence-electron chi connectivity index (χ1n) is 7.11. The zero-order valence-electron chi connectivity index (χ0n) is 13.1. The summed E-state index contributed by atoms with van der Waals surface area (Å²) in [6, 6.07) is 7.80. The molecule has 0 atom stereocenters. The molecule has 0 bridgehead atoms. The van der Waals surface area contributed by atoms with Crippen LogP contribution in [0.1, 0.15) is 10.4 Å². The minimum Gasteiger partial charge on any atom is -0.348 e. The molecule has 1 amide bonds. The van der Waals surface area contributed by atoms with Crippen molar-refractivity contribution in [2.24, 2.45) is 0 Å². The summed E-state index contributed by atoms with van der Waals surface area (Å²) in [7, 11) is 0. The maximum atomic E-state index is 13.5. The fourth-order valence-corrected chi connectivity index (χ4v) is 2.28. The van der Waals surface area contributed by atoms with Gasteiger partial charge in [-0.05, 0) is 30.3 Å². The monoisotopic (exact) mass is 414 g/mol. The largest absolute Gasteiger partial charge is 0.439 e. The van der Waals surface area contributed by atoms with Crippen LogP contribution >= 0.6 is 11.6 Å². The van der Waals surface area contributed by atoms with Gasteiger partial charge in [-0.2, -0.15) is 26.3 Å². The van der Waals surface area contributed by atoms with Gasteiger partial charge in [-0.15, -0.1) is 0 Å². The van der Waals surface area contributed by atoms with E-state index in [-0.39, 0.29) is 0 Å². The predicted octanol–water partition coefficient (Wildman–Crippen LogP) is 5.14. The van der Waals surface area contributed by atoms with E-state index in [2.05, 4.69) is 0 Å². The number of hydrogen-bond donors (Lipinski definition) is 2. The van der Waals surface area contributed by atoms with Gasteiger partial charge in [0.25, 0.3) is 5.91 Å². The van der Waals surface area contributed by atoms with Crippen molar-refractivity contribution >= 4 is 23.2 Å². The molecular weight excluding hydrogens is 405 g/mol. The Labute approximate surface area is 153 Å². The molecular formula is C16H10ClF7N2O. The van der Waals surface area contributed by atoms with Gasteiger partial charge < -0.3 is 10.6 Å². The van der Waals surface area contributed by atoms with Crippen LogP contribution in [-0.4, -0.2) is 23.9 Å². The highest BCUT2D eigenvalue weighted by atomic mass is 35.5. The number of nitrogens with one attached hydrogen (secondary N) is 2. The molecule has 0 fully saturated rings. The summed E-state index contributed by atoms with van der Waals surface area (Å²) in [6.07, 6.45) is -12.0. The van der Waals surface area contributed by atoms with E-state index in [4.69, 9.17) is 11.6 Å². The van der Waals surface area contributed by atoms with E-state index in [0.29, 0.717) is 18.2 Å². The van der Waals surface area contributed by atoms with Crippen LogP contribution in [0, 0.1) is 5.82 Å². The summed E-state index contributed by atoms with van der Waals surface area (Å²) in [4.78, 5) is 12.0. The lowest BCUT2D eigenvalue weighted by molar-refractivity contribution is -0.294. The van der Waals surface area contributed by atoms with Crippen LogP contribution in [0.4, 0.5) is 36.4 Å². The first-order chi connectivity index (χ1) is 12.4. The molecule has 0 aliphatic heterocycles. The highest BCUT2D eigenvalue weighted by Gasteiger charge is 2.72. The van der Waals surface area contributed by atoms with Crippen LogP contribution in [0.2, 0.25) is 5.02 Å². The molecule has 0 aliphatic carbocycles. The minimum absolute atomic E-state index is 0.422. The van der Waals surface area contributed by atoms with Gasteiger partial charge in [0.05, 0.1) is 5.02 Å². The van der Waals surface area contributed by atoms with E-state index < -0.39 is 46.0 Å². The third kappa shape index (κ3) is 4.26. The lowest BCUT2D eigenvalue weighted by atomic mass is 10.1. The van der Waals surface area contributed by atoms with Crippen molar-refractivity contribution in [3.05, 3.63) is 64.9 Å². The topological polar surface area (TPSA) is 41.1 Å². The van der Waals surface area contributed by atoms with Gasteiger partial charge >= 0.3 is 18.0 Å². The molecule has 0 aliphatic rings. The SMILES string of the molecule is O=C(NC(Nc1ccc(F)c(Cl)c1)(C(F)(F)F)C(F)(F)F)c1ccccc1. The number of anilines is 1. The number of halogens is 8. The molecule has 2 N–H and O–H groups in total. The van der Waals surface area contributed by atoms with E-state index in [0.717, 1.165) is 17.4 Å². The highest BCUT2D eigenvalue weighted by Crippen LogP contribution is 2.44. The van der Waals surface area contributed by atoms with Crippen molar-refractivity contribution < 1.29 is 35.5 Å². The zero-order chi connectivity index (χ0) is 20.5.